The summed E-state index contributed by atoms with van der Waals surface area (Å²) in [5.41, 5.74) is 8.76. The van der Waals surface area contributed by atoms with E-state index in [9.17, 15) is 0 Å². The SMILES string of the molecule is CC1CCCCN1c1ncnc(N2CCC(Cc3ccccc3)CC2)c1N. The van der Waals surface area contributed by atoms with Crippen LogP contribution in [0.25, 0.3) is 0 Å². The Kier molecular flexibility index (Phi) is 5.46. The van der Waals surface area contributed by atoms with Gasteiger partial charge in [0.15, 0.2) is 11.6 Å². The molecule has 0 radical (unpaired) electrons. The molecule has 2 aliphatic heterocycles. The molecule has 2 saturated heterocycles. The molecule has 1 aromatic heterocycles. The molecule has 0 amide bonds. The van der Waals surface area contributed by atoms with Gasteiger partial charge in [0.25, 0.3) is 0 Å². The van der Waals surface area contributed by atoms with Crippen molar-refractivity contribution in [2.24, 2.45) is 5.92 Å². The van der Waals surface area contributed by atoms with Crippen LogP contribution in [0.15, 0.2) is 36.7 Å². The third-order valence-corrected chi connectivity index (χ3v) is 6.20. The molecule has 0 bridgehead atoms. The number of nitrogens with zero attached hydrogens (tertiary/aromatic N) is 4. The first-order chi connectivity index (χ1) is 13.2. The first kappa shape index (κ1) is 18.1. The number of anilines is 3. The average molecular weight is 366 g/mol. The van der Waals surface area contributed by atoms with Crippen molar-refractivity contribution in [1.29, 1.82) is 0 Å². The second-order valence-electron chi connectivity index (χ2n) is 8.09. The zero-order valence-corrected chi connectivity index (χ0v) is 16.3. The summed E-state index contributed by atoms with van der Waals surface area (Å²) in [5.74, 6) is 2.60. The highest BCUT2D eigenvalue weighted by atomic mass is 15.3. The van der Waals surface area contributed by atoms with Crippen LogP contribution in [-0.4, -0.2) is 35.6 Å². The largest absolute Gasteiger partial charge is 0.393 e. The Morgan fingerprint density at radius 1 is 0.963 bits per heavy atom. The van der Waals surface area contributed by atoms with Gasteiger partial charge in [0.1, 0.15) is 12.0 Å². The van der Waals surface area contributed by atoms with Gasteiger partial charge < -0.3 is 15.5 Å². The van der Waals surface area contributed by atoms with E-state index >= 15 is 0 Å². The normalized spacial score (nSPS) is 21.4. The van der Waals surface area contributed by atoms with Crippen LogP contribution in [0.4, 0.5) is 17.3 Å². The Balaban J connectivity index is 1.43. The highest BCUT2D eigenvalue weighted by Gasteiger charge is 2.26. The van der Waals surface area contributed by atoms with Crippen LogP contribution in [-0.2, 0) is 6.42 Å². The summed E-state index contributed by atoms with van der Waals surface area (Å²) < 4.78 is 0. The van der Waals surface area contributed by atoms with E-state index in [1.54, 1.807) is 6.33 Å². The van der Waals surface area contributed by atoms with Gasteiger partial charge in [-0.15, -0.1) is 0 Å². The first-order valence-corrected chi connectivity index (χ1v) is 10.4. The molecular formula is C22H31N5. The molecule has 2 N–H and O–H groups in total. The van der Waals surface area contributed by atoms with Crippen LogP contribution >= 0.6 is 0 Å². The smallest absolute Gasteiger partial charge is 0.157 e. The second-order valence-corrected chi connectivity index (χ2v) is 8.09. The predicted molar refractivity (Wildman–Crippen MR) is 112 cm³/mol. The summed E-state index contributed by atoms with van der Waals surface area (Å²) in [6.07, 6.45) is 8.96. The van der Waals surface area contributed by atoms with Crippen LogP contribution < -0.4 is 15.5 Å². The Hall–Kier alpha value is -2.30. The van der Waals surface area contributed by atoms with Crippen molar-refractivity contribution in [3.8, 4) is 0 Å². The Labute approximate surface area is 162 Å². The van der Waals surface area contributed by atoms with Gasteiger partial charge in [-0.25, -0.2) is 9.97 Å². The van der Waals surface area contributed by atoms with Gasteiger partial charge in [-0.1, -0.05) is 30.3 Å². The summed E-state index contributed by atoms with van der Waals surface area (Å²) in [7, 11) is 0. The van der Waals surface area contributed by atoms with Crippen LogP contribution in [0.2, 0.25) is 0 Å². The van der Waals surface area contributed by atoms with Gasteiger partial charge in [-0.2, -0.15) is 0 Å². The maximum Gasteiger partial charge on any atom is 0.157 e. The number of piperidine rings is 2. The molecule has 5 heteroatoms. The number of rotatable bonds is 4. The summed E-state index contributed by atoms with van der Waals surface area (Å²) in [4.78, 5) is 13.8. The standard InChI is InChI=1S/C22H31N5/c1-17-7-5-6-12-27(17)22-20(23)21(24-16-25-22)26-13-10-19(11-14-26)15-18-8-3-2-4-9-18/h2-4,8-9,16-17,19H,5-7,10-15,23H2,1H3. The van der Waals surface area contributed by atoms with Gasteiger partial charge in [0.05, 0.1) is 0 Å². The number of benzene rings is 1. The quantitative estimate of drug-likeness (QED) is 0.890. The highest BCUT2D eigenvalue weighted by Crippen LogP contribution is 2.34. The van der Waals surface area contributed by atoms with E-state index in [4.69, 9.17) is 5.73 Å². The predicted octanol–water partition coefficient (Wildman–Crippen LogP) is 3.90. The molecule has 3 heterocycles. The van der Waals surface area contributed by atoms with Crippen LogP contribution in [0.3, 0.4) is 0 Å². The summed E-state index contributed by atoms with van der Waals surface area (Å²) in [6, 6.07) is 11.3. The topological polar surface area (TPSA) is 58.3 Å². The van der Waals surface area contributed by atoms with Gasteiger partial charge in [-0.3, -0.25) is 0 Å². The molecule has 27 heavy (non-hydrogen) atoms. The summed E-state index contributed by atoms with van der Waals surface area (Å²) in [6.45, 7) is 5.36. The minimum absolute atomic E-state index is 0.500. The average Bonchev–Trinajstić information content (AvgIpc) is 2.70. The van der Waals surface area contributed by atoms with E-state index in [-0.39, 0.29) is 0 Å². The third-order valence-electron chi connectivity index (χ3n) is 6.20. The number of hydrogen-bond donors (Lipinski definition) is 1. The number of nitrogen functional groups attached to an aromatic ring is 1. The van der Waals surface area contributed by atoms with E-state index in [1.165, 1.54) is 44.1 Å². The fraction of sp³-hybridized carbons (Fsp3) is 0.545. The van der Waals surface area contributed by atoms with Crippen molar-refractivity contribution >= 4 is 17.3 Å². The highest BCUT2D eigenvalue weighted by molar-refractivity contribution is 5.76. The molecule has 1 atom stereocenters. The van der Waals surface area contributed by atoms with Gasteiger partial charge >= 0.3 is 0 Å². The van der Waals surface area contributed by atoms with Crippen LogP contribution in [0.1, 0.15) is 44.6 Å². The summed E-state index contributed by atoms with van der Waals surface area (Å²) in [5, 5.41) is 0. The van der Waals surface area contributed by atoms with Gasteiger partial charge in [0, 0.05) is 25.7 Å². The zero-order valence-electron chi connectivity index (χ0n) is 16.3. The molecular weight excluding hydrogens is 334 g/mol. The lowest BCUT2D eigenvalue weighted by molar-refractivity contribution is 0.402. The second kappa shape index (κ2) is 8.15. The maximum absolute atomic E-state index is 6.56. The van der Waals surface area contributed by atoms with Crippen molar-refractivity contribution in [3.05, 3.63) is 42.2 Å². The molecule has 1 unspecified atom stereocenters. The maximum atomic E-state index is 6.56. The third kappa shape index (κ3) is 4.02. The molecule has 2 fully saturated rings. The van der Waals surface area contributed by atoms with Crippen molar-refractivity contribution in [1.82, 2.24) is 9.97 Å². The van der Waals surface area contributed by atoms with Crippen molar-refractivity contribution in [2.45, 2.75) is 51.5 Å². The zero-order chi connectivity index (χ0) is 18.6. The monoisotopic (exact) mass is 365 g/mol. The number of aromatic nitrogens is 2. The molecule has 2 aromatic rings. The van der Waals surface area contributed by atoms with Crippen molar-refractivity contribution < 1.29 is 0 Å². The molecule has 144 valence electrons. The Morgan fingerprint density at radius 3 is 2.44 bits per heavy atom. The minimum atomic E-state index is 0.500. The molecule has 1 aromatic carbocycles. The van der Waals surface area contributed by atoms with Gasteiger partial charge in [0.2, 0.25) is 0 Å². The fourth-order valence-corrected chi connectivity index (χ4v) is 4.57. The first-order valence-electron chi connectivity index (χ1n) is 10.4. The van der Waals surface area contributed by atoms with Gasteiger partial charge in [-0.05, 0) is 56.9 Å². The number of hydrogen-bond acceptors (Lipinski definition) is 5. The van der Waals surface area contributed by atoms with Crippen molar-refractivity contribution in [2.75, 3.05) is 35.2 Å². The lowest BCUT2D eigenvalue weighted by atomic mass is 9.90. The van der Waals surface area contributed by atoms with Crippen LogP contribution in [0.5, 0.6) is 0 Å². The molecule has 2 aliphatic rings. The lowest BCUT2D eigenvalue weighted by Crippen LogP contribution is -2.39. The van der Waals surface area contributed by atoms with E-state index in [0.717, 1.165) is 42.9 Å². The molecule has 0 spiro atoms. The Morgan fingerprint density at radius 2 is 1.70 bits per heavy atom. The number of nitrogens with two attached hydrogens (primary N) is 1. The Bertz CT molecular complexity index is 740. The lowest BCUT2D eigenvalue weighted by Gasteiger charge is -2.37. The van der Waals surface area contributed by atoms with E-state index in [1.807, 2.05) is 0 Å². The molecule has 4 rings (SSSR count). The molecule has 5 nitrogen and oxygen atoms in total. The van der Waals surface area contributed by atoms with Crippen LogP contribution in [0, 0.1) is 5.92 Å². The summed E-state index contributed by atoms with van der Waals surface area (Å²) >= 11 is 0. The van der Waals surface area contributed by atoms with Crippen molar-refractivity contribution in [3.63, 3.8) is 0 Å². The van der Waals surface area contributed by atoms with E-state index < -0.39 is 0 Å². The minimum Gasteiger partial charge on any atom is -0.393 e. The fourth-order valence-electron chi connectivity index (χ4n) is 4.57. The van der Waals surface area contributed by atoms with E-state index in [2.05, 4.69) is 57.0 Å². The molecule has 0 aliphatic carbocycles. The molecule has 0 saturated carbocycles. The van der Waals surface area contributed by atoms with E-state index in [0.29, 0.717) is 6.04 Å².